The number of β-amino-alcohol motifs (C(OH)–C–C–N with tert-alkyl or cyclic N) is 1. The summed E-state index contributed by atoms with van der Waals surface area (Å²) in [5, 5.41) is 24.3. The number of hydrogen-bond acceptors (Lipinski definition) is 7. The number of benzene rings is 1. The van der Waals surface area contributed by atoms with Crippen LogP contribution in [-0.4, -0.2) is 45.3 Å². The fraction of sp³-hybridized carbons (Fsp3) is 0.350. The number of hydrogen-bond donors (Lipinski definition) is 2. The molecule has 7 nitrogen and oxygen atoms in total. The molecule has 1 aliphatic heterocycles. The van der Waals surface area contributed by atoms with Crippen molar-refractivity contribution in [3.8, 4) is 0 Å². The molecule has 1 saturated heterocycles. The first-order valence-corrected chi connectivity index (χ1v) is 10.5. The van der Waals surface area contributed by atoms with E-state index in [-0.39, 0.29) is 5.91 Å². The van der Waals surface area contributed by atoms with Crippen LogP contribution in [0.25, 0.3) is 0 Å². The van der Waals surface area contributed by atoms with Gasteiger partial charge in [0.05, 0.1) is 23.2 Å². The Morgan fingerprint density at radius 2 is 2.17 bits per heavy atom. The van der Waals surface area contributed by atoms with Gasteiger partial charge in [-0.05, 0) is 23.4 Å². The van der Waals surface area contributed by atoms with Crippen LogP contribution in [0.1, 0.15) is 33.4 Å². The van der Waals surface area contributed by atoms with E-state index in [1.54, 1.807) is 18.4 Å². The molecule has 29 heavy (non-hydrogen) atoms. The number of thiophene rings is 1. The largest absolute Gasteiger partial charge is 0.424 e. The molecule has 1 fully saturated rings. The number of aliphatic hydroxyl groups is 1. The number of carbonyl (C=O) groups excluding carboxylic acids is 1. The van der Waals surface area contributed by atoms with Crippen molar-refractivity contribution in [3.63, 3.8) is 0 Å². The maximum atomic E-state index is 13.0. The Bertz CT molecular complexity index is 993. The van der Waals surface area contributed by atoms with Crippen LogP contribution in [-0.2, 0) is 12.1 Å². The second-order valence-corrected chi connectivity index (χ2v) is 8.43. The predicted octanol–water partition coefficient (Wildman–Crippen LogP) is 2.99. The maximum Gasteiger partial charge on any atom is 0.263 e. The zero-order valence-corrected chi connectivity index (χ0v) is 17.4. The molecule has 9 heteroatoms. The van der Waals surface area contributed by atoms with Crippen molar-refractivity contribution in [1.82, 2.24) is 20.4 Å². The lowest BCUT2D eigenvalue weighted by Gasteiger charge is -2.46. The summed E-state index contributed by atoms with van der Waals surface area (Å²) in [5.41, 5.74) is -0.0470. The highest BCUT2D eigenvalue weighted by molar-refractivity contribution is 7.12. The third-order valence-corrected chi connectivity index (χ3v) is 6.54. The smallest absolute Gasteiger partial charge is 0.263 e. The summed E-state index contributed by atoms with van der Waals surface area (Å²) < 4.78 is 5.46. The average molecular weight is 433 g/mol. The van der Waals surface area contributed by atoms with Crippen LogP contribution in [0.5, 0.6) is 0 Å². The van der Waals surface area contributed by atoms with Crippen LogP contribution in [0, 0.1) is 6.92 Å². The van der Waals surface area contributed by atoms with Gasteiger partial charge < -0.3 is 14.8 Å². The molecule has 2 aromatic heterocycles. The highest BCUT2D eigenvalue weighted by atomic mass is 35.5. The molecule has 1 aromatic carbocycles. The Morgan fingerprint density at radius 1 is 1.38 bits per heavy atom. The van der Waals surface area contributed by atoms with Crippen LogP contribution in [0.2, 0.25) is 5.02 Å². The molecule has 2 atom stereocenters. The predicted molar refractivity (Wildman–Crippen MR) is 110 cm³/mol. The number of amides is 1. The van der Waals surface area contributed by atoms with E-state index in [9.17, 15) is 9.90 Å². The van der Waals surface area contributed by atoms with Gasteiger partial charge in [0.25, 0.3) is 5.91 Å². The van der Waals surface area contributed by atoms with Gasteiger partial charge in [0.1, 0.15) is 4.88 Å². The molecule has 0 radical (unpaired) electrons. The van der Waals surface area contributed by atoms with Gasteiger partial charge in [-0.25, -0.2) is 0 Å². The minimum Gasteiger partial charge on any atom is -0.424 e. The van der Waals surface area contributed by atoms with Crippen molar-refractivity contribution in [3.05, 3.63) is 69.0 Å². The second-order valence-electron chi connectivity index (χ2n) is 7.10. The zero-order chi connectivity index (χ0) is 20.4. The van der Waals surface area contributed by atoms with Gasteiger partial charge in [0.2, 0.25) is 11.8 Å². The molecule has 4 rings (SSSR count). The van der Waals surface area contributed by atoms with Crippen molar-refractivity contribution in [2.24, 2.45) is 0 Å². The fourth-order valence-corrected chi connectivity index (χ4v) is 4.77. The molecular formula is C20H21ClN4O3S. The van der Waals surface area contributed by atoms with Crippen LogP contribution in [0.15, 0.2) is 46.2 Å². The summed E-state index contributed by atoms with van der Waals surface area (Å²) in [4.78, 5) is 15.4. The molecule has 0 aliphatic carbocycles. The van der Waals surface area contributed by atoms with Gasteiger partial charge in [-0.15, -0.1) is 21.5 Å². The van der Waals surface area contributed by atoms with Gasteiger partial charge in [0.15, 0.2) is 0 Å². The Balaban J connectivity index is 1.58. The number of halogens is 1. The first-order chi connectivity index (χ1) is 14.0. The quantitative estimate of drug-likeness (QED) is 0.644. The van der Waals surface area contributed by atoms with Gasteiger partial charge in [-0.2, -0.15) is 0 Å². The van der Waals surface area contributed by atoms with E-state index in [1.807, 2.05) is 35.2 Å². The third kappa shape index (κ3) is 4.06. The van der Waals surface area contributed by atoms with Crippen molar-refractivity contribution < 1.29 is 14.3 Å². The normalized spacial score (nSPS) is 22.5. The highest BCUT2D eigenvalue weighted by Crippen LogP contribution is 2.35. The van der Waals surface area contributed by atoms with Gasteiger partial charge in [-0.1, -0.05) is 41.9 Å². The fourth-order valence-electron chi connectivity index (χ4n) is 3.73. The van der Waals surface area contributed by atoms with E-state index in [0.29, 0.717) is 47.7 Å². The first kappa shape index (κ1) is 20.0. The number of aliphatic hydroxyl groups excluding tert-OH is 1. The maximum absolute atomic E-state index is 13.0. The lowest BCUT2D eigenvalue weighted by Crippen LogP contribution is -2.61. The monoisotopic (exact) mass is 432 g/mol. The van der Waals surface area contributed by atoms with E-state index in [1.165, 1.54) is 11.3 Å². The molecule has 1 amide bonds. The third-order valence-electron chi connectivity index (χ3n) is 5.20. The van der Waals surface area contributed by atoms with Gasteiger partial charge >= 0.3 is 0 Å². The van der Waals surface area contributed by atoms with Crippen LogP contribution in [0.4, 0.5) is 0 Å². The topological polar surface area (TPSA) is 91.5 Å². The number of aryl methyl sites for hydroxylation is 1. The summed E-state index contributed by atoms with van der Waals surface area (Å²) in [5.74, 6) is 0.737. The van der Waals surface area contributed by atoms with Gasteiger partial charge in [0, 0.05) is 20.0 Å². The van der Waals surface area contributed by atoms with Crippen LogP contribution >= 0.6 is 22.9 Å². The lowest BCUT2D eigenvalue weighted by molar-refractivity contribution is -0.0201. The SMILES string of the molecule is Cc1nnc(CN2CC[C@@](NC(=O)c3sccc3Cl)(c3ccccc3)[C@H](O)C2)o1. The van der Waals surface area contributed by atoms with Crippen molar-refractivity contribution in [2.75, 3.05) is 13.1 Å². The van der Waals surface area contributed by atoms with Crippen molar-refractivity contribution in [2.45, 2.75) is 31.5 Å². The second kappa shape index (κ2) is 8.23. The summed E-state index contributed by atoms with van der Waals surface area (Å²) >= 11 is 7.43. The number of aromatic nitrogens is 2. The van der Waals surface area contributed by atoms with Crippen molar-refractivity contribution >= 4 is 28.8 Å². The summed E-state index contributed by atoms with van der Waals surface area (Å²) in [7, 11) is 0. The van der Waals surface area contributed by atoms with E-state index < -0.39 is 11.6 Å². The number of carbonyl (C=O) groups is 1. The summed E-state index contributed by atoms with van der Waals surface area (Å²) in [6.07, 6.45) is -0.301. The Hall–Kier alpha value is -2.26. The van der Waals surface area contributed by atoms with E-state index in [2.05, 4.69) is 15.5 Å². The lowest BCUT2D eigenvalue weighted by atomic mass is 9.78. The van der Waals surface area contributed by atoms with Crippen molar-refractivity contribution in [1.29, 1.82) is 0 Å². The molecule has 1 aliphatic rings. The molecule has 3 aromatic rings. The minimum absolute atomic E-state index is 0.283. The molecule has 0 spiro atoms. The Kier molecular flexibility index (Phi) is 5.69. The zero-order valence-electron chi connectivity index (χ0n) is 15.8. The van der Waals surface area contributed by atoms with E-state index in [0.717, 1.165) is 5.56 Å². The number of nitrogens with one attached hydrogen (secondary N) is 1. The highest BCUT2D eigenvalue weighted by Gasteiger charge is 2.45. The van der Waals surface area contributed by atoms with Crippen LogP contribution < -0.4 is 5.32 Å². The van der Waals surface area contributed by atoms with Gasteiger partial charge in [-0.3, -0.25) is 9.69 Å². The number of likely N-dealkylation sites (tertiary alicyclic amines) is 1. The Labute approximate surface area is 177 Å². The first-order valence-electron chi connectivity index (χ1n) is 9.28. The molecule has 2 N–H and O–H groups in total. The summed E-state index contributed by atoms with van der Waals surface area (Å²) in [6, 6.07) is 11.3. The summed E-state index contributed by atoms with van der Waals surface area (Å²) in [6.45, 7) is 3.20. The minimum atomic E-state index is -0.910. The number of rotatable bonds is 5. The molecule has 0 bridgehead atoms. The molecule has 152 valence electrons. The Morgan fingerprint density at radius 3 is 2.79 bits per heavy atom. The molecule has 3 heterocycles. The average Bonchev–Trinajstić information content (AvgIpc) is 3.32. The van der Waals surface area contributed by atoms with Crippen LogP contribution in [0.3, 0.4) is 0 Å². The molecule has 0 saturated carbocycles. The standard InChI is InChI=1S/C20H21ClN4O3S/c1-13-23-24-17(28-13)12-25-9-8-20(16(26)11-25,14-5-3-2-4-6-14)22-19(27)18-15(21)7-10-29-18/h2-7,10,16,26H,8-9,11-12H2,1H3,(H,22,27)/t16-,20-/m1/s1. The number of nitrogens with zero attached hydrogens (tertiary/aromatic N) is 3. The van der Waals surface area contributed by atoms with E-state index in [4.69, 9.17) is 16.0 Å². The molecule has 0 unspecified atom stereocenters. The van der Waals surface area contributed by atoms with E-state index >= 15 is 0 Å². The number of piperidine rings is 1. The molecular weight excluding hydrogens is 412 g/mol.